The second-order valence-electron chi connectivity index (χ2n) is 6.30. The number of halogens is 1. The summed E-state index contributed by atoms with van der Waals surface area (Å²) in [5.74, 6) is -0.131. The number of carbonyl (C=O) groups is 1. The highest BCUT2D eigenvalue weighted by Crippen LogP contribution is 2.22. The Morgan fingerprint density at radius 3 is 2.48 bits per heavy atom. The van der Waals surface area contributed by atoms with Crippen molar-refractivity contribution in [3.63, 3.8) is 0 Å². The zero-order valence-corrected chi connectivity index (χ0v) is 15.6. The minimum Gasteiger partial charge on any atom is -0.369 e. The number of benzene rings is 1. The molecule has 27 heavy (non-hydrogen) atoms. The van der Waals surface area contributed by atoms with Gasteiger partial charge in [-0.05, 0) is 31.2 Å². The highest BCUT2D eigenvalue weighted by molar-refractivity contribution is 6.32. The summed E-state index contributed by atoms with van der Waals surface area (Å²) in [6.45, 7) is 4.77. The number of hydrogen-bond donors (Lipinski definition) is 1. The number of rotatable bonds is 5. The molecular formula is C18H20ClN5O3. The summed E-state index contributed by atoms with van der Waals surface area (Å²) in [4.78, 5) is 31.1. The van der Waals surface area contributed by atoms with Crippen LogP contribution in [-0.2, 0) is 4.79 Å². The molecule has 2 heterocycles. The molecule has 1 amide bonds. The first-order valence-electron chi connectivity index (χ1n) is 8.60. The molecule has 1 aliphatic rings. The second kappa shape index (κ2) is 8.32. The van der Waals surface area contributed by atoms with Crippen LogP contribution in [0.1, 0.15) is 6.92 Å². The van der Waals surface area contributed by atoms with Crippen molar-refractivity contribution in [3.8, 4) is 0 Å². The molecule has 1 aromatic heterocycles. The van der Waals surface area contributed by atoms with E-state index in [1.165, 1.54) is 12.1 Å². The molecule has 1 aliphatic heterocycles. The SMILES string of the molecule is CC(C(=O)Nc1cccnc1Cl)N1CCN(c2ccc([N+](=O)[O-])cc2)CC1. The van der Waals surface area contributed by atoms with Gasteiger partial charge in [0.25, 0.3) is 5.69 Å². The largest absolute Gasteiger partial charge is 0.369 e. The van der Waals surface area contributed by atoms with Crippen molar-refractivity contribution in [2.24, 2.45) is 0 Å². The normalized spacial score (nSPS) is 16.0. The molecule has 1 unspecified atom stereocenters. The van der Waals surface area contributed by atoms with Crippen LogP contribution in [0, 0.1) is 10.1 Å². The molecule has 0 saturated carbocycles. The Kier molecular flexibility index (Phi) is 5.88. The van der Waals surface area contributed by atoms with E-state index < -0.39 is 4.92 Å². The highest BCUT2D eigenvalue weighted by Gasteiger charge is 2.26. The van der Waals surface area contributed by atoms with E-state index in [0.29, 0.717) is 18.8 Å². The lowest BCUT2D eigenvalue weighted by atomic mass is 10.2. The van der Waals surface area contributed by atoms with Crippen molar-refractivity contribution >= 4 is 34.6 Å². The number of nitro benzene ring substituents is 1. The number of hydrogen-bond acceptors (Lipinski definition) is 6. The van der Waals surface area contributed by atoms with E-state index in [2.05, 4.69) is 20.1 Å². The van der Waals surface area contributed by atoms with Crippen molar-refractivity contribution in [2.45, 2.75) is 13.0 Å². The Hall–Kier alpha value is -2.71. The van der Waals surface area contributed by atoms with E-state index in [4.69, 9.17) is 11.6 Å². The number of nitrogens with one attached hydrogen (secondary N) is 1. The van der Waals surface area contributed by atoms with Crippen LogP contribution in [-0.4, -0.2) is 52.9 Å². The van der Waals surface area contributed by atoms with E-state index in [1.54, 1.807) is 30.5 Å². The quantitative estimate of drug-likeness (QED) is 0.480. The van der Waals surface area contributed by atoms with Gasteiger partial charge in [-0.25, -0.2) is 4.98 Å². The topological polar surface area (TPSA) is 91.6 Å². The van der Waals surface area contributed by atoms with Crippen molar-refractivity contribution in [3.05, 3.63) is 57.9 Å². The number of non-ortho nitro benzene ring substituents is 1. The summed E-state index contributed by atoms with van der Waals surface area (Å²) in [6.07, 6.45) is 1.57. The van der Waals surface area contributed by atoms with Gasteiger partial charge in [0.1, 0.15) is 0 Å². The zero-order chi connectivity index (χ0) is 19.4. The van der Waals surface area contributed by atoms with E-state index in [9.17, 15) is 14.9 Å². The summed E-state index contributed by atoms with van der Waals surface area (Å²) in [5.41, 5.74) is 1.52. The fourth-order valence-electron chi connectivity index (χ4n) is 3.03. The van der Waals surface area contributed by atoms with Crippen molar-refractivity contribution in [1.82, 2.24) is 9.88 Å². The number of anilines is 2. The van der Waals surface area contributed by atoms with Crippen LogP contribution >= 0.6 is 11.6 Å². The lowest BCUT2D eigenvalue weighted by molar-refractivity contribution is -0.384. The number of piperazine rings is 1. The number of carbonyl (C=O) groups excluding carboxylic acids is 1. The summed E-state index contributed by atoms with van der Waals surface area (Å²) in [6, 6.07) is 9.66. The Balaban J connectivity index is 1.55. The minimum atomic E-state index is -0.406. The maximum atomic E-state index is 12.5. The Bertz CT molecular complexity index is 822. The summed E-state index contributed by atoms with van der Waals surface area (Å²) in [5, 5.41) is 13.8. The average molecular weight is 390 g/mol. The van der Waals surface area contributed by atoms with Gasteiger partial charge in [-0.15, -0.1) is 0 Å². The van der Waals surface area contributed by atoms with Crippen LogP contribution < -0.4 is 10.2 Å². The standard InChI is InChI=1S/C18H20ClN5O3/c1-13(18(25)21-16-3-2-8-20-17(16)19)22-9-11-23(12-10-22)14-4-6-15(7-5-14)24(26)27/h2-8,13H,9-12H2,1H3,(H,21,25). The minimum absolute atomic E-state index is 0.0803. The third-order valence-corrected chi connectivity index (χ3v) is 4.99. The van der Waals surface area contributed by atoms with Crippen molar-refractivity contribution in [1.29, 1.82) is 0 Å². The molecule has 9 heteroatoms. The third-order valence-electron chi connectivity index (χ3n) is 4.68. The van der Waals surface area contributed by atoms with Gasteiger partial charge in [-0.1, -0.05) is 11.6 Å². The molecule has 2 aromatic rings. The van der Waals surface area contributed by atoms with E-state index >= 15 is 0 Å². The molecule has 3 rings (SSSR count). The molecule has 0 bridgehead atoms. The van der Waals surface area contributed by atoms with Gasteiger partial charge in [0.15, 0.2) is 5.15 Å². The molecule has 1 atom stereocenters. The molecule has 0 aliphatic carbocycles. The maximum Gasteiger partial charge on any atom is 0.269 e. The summed E-state index contributed by atoms with van der Waals surface area (Å²) >= 11 is 5.99. The molecule has 142 valence electrons. The monoisotopic (exact) mass is 389 g/mol. The second-order valence-corrected chi connectivity index (χ2v) is 6.66. The van der Waals surface area contributed by atoms with Crippen molar-refractivity contribution in [2.75, 3.05) is 36.4 Å². The number of nitro groups is 1. The van der Waals surface area contributed by atoms with Crippen LogP contribution in [0.2, 0.25) is 5.15 Å². The predicted molar refractivity (Wildman–Crippen MR) is 104 cm³/mol. The maximum absolute atomic E-state index is 12.5. The number of aromatic nitrogens is 1. The molecule has 0 radical (unpaired) electrons. The smallest absolute Gasteiger partial charge is 0.269 e. The fraction of sp³-hybridized carbons (Fsp3) is 0.333. The number of nitrogens with zero attached hydrogens (tertiary/aromatic N) is 4. The first-order valence-corrected chi connectivity index (χ1v) is 8.98. The van der Waals surface area contributed by atoms with Gasteiger partial charge in [0, 0.05) is 50.2 Å². The molecular weight excluding hydrogens is 370 g/mol. The van der Waals surface area contributed by atoms with Gasteiger partial charge < -0.3 is 10.2 Å². The molecule has 8 nitrogen and oxygen atoms in total. The van der Waals surface area contributed by atoms with Gasteiger partial charge in [0.2, 0.25) is 5.91 Å². The van der Waals surface area contributed by atoms with E-state index in [-0.39, 0.29) is 22.8 Å². The molecule has 1 saturated heterocycles. The summed E-state index contributed by atoms with van der Waals surface area (Å²) in [7, 11) is 0. The van der Waals surface area contributed by atoms with Gasteiger partial charge >= 0.3 is 0 Å². The Labute approximate surface area is 161 Å². The number of pyridine rings is 1. The fourth-order valence-corrected chi connectivity index (χ4v) is 3.20. The van der Waals surface area contributed by atoms with Crippen LogP contribution in [0.25, 0.3) is 0 Å². The Morgan fingerprint density at radius 2 is 1.89 bits per heavy atom. The van der Waals surface area contributed by atoms with Gasteiger partial charge in [-0.2, -0.15) is 0 Å². The third kappa shape index (κ3) is 4.53. The number of amides is 1. The van der Waals surface area contributed by atoms with Gasteiger partial charge in [-0.3, -0.25) is 19.8 Å². The molecule has 1 fully saturated rings. The first kappa shape index (κ1) is 19.1. The summed E-state index contributed by atoms with van der Waals surface area (Å²) < 4.78 is 0. The first-order chi connectivity index (χ1) is 13.0. The van der Waals surface area contributed by atoms with Crippen LogP contribution in [0.15, 0.2) is 42.6 Å². The predicted octanol–water partition coefficient (Wildman–Crippen LogP) is 2.79. The van der Waals surface area contributed by atoms with E-state index in [1.807, 2.05) is 6.92 Å². The molecule has 1 N–H and O–H groups in total. The van der Waals surface area contributed by atoms with Crippen molar-refractivity contribution < 1.29 is 9.72 Å². The van der Waals surface area contributed by atoms with E-state index in [0.717, 1.165) is 18.8 Å². The van der Waals surface area contributed by atoms with Crippen LogP contribution in [0.3, 0.4) is 0 Å². The molecule has 1 aromatic carbocycles. The van der Waals surface area contributed by atoms with Crippen LogP contribution in [0.5, 0.6) is 0 Å². The van der Waals surface area contributed by atoms with Gasteiger partial charge in [0.05, 0.1) is 16.7 Å². The average Bonchev–Trinajstić information content (AvgIpc) is 2.69. The van der Waals surface area contributed by atoms with Crippen LogP contribution in [0.4, 0.5) is 17.1 Å². The Morgan fingerprint density at radius 1 is 1.22 bits per heavy atom. The highest BCUT2D eigenvalue weighted by atomic mass is 35.5. The lowest BCUT2D eigenvalue weighted by Crippen LogP contribution is -2.52. The zero-order valence-electron chi connectivity index (χ0n) is 14.8. The molecule has 0 spiro atoms. The lowest BCUT2D eigenvalue weighted by Gasteiger charge is -2.38.